The van der Waals surface area contributed by atoms with Gasteiger partial charge in [0.15, 0.2) is 5.65 Å². The minimum absolute atomic E-state index is 0.0396. The molecule has 10 nitrogen and oxygen atoms in total. The van der Waals surface area contributed by atoms with Gasteiger partial charge >= 0.3 is 12.1 Å². The lowest BCUT2D eigenvalue weighted by atomic mass is 9.68. The first-order valence-electron chi connectivity index (χ1n) is 13.5. The lowest BCUT2D eigenvalue weighted by Gasteiger charge is -2.40. The standard InChI is InChI=1S/C29H27F3N6O4S/c1-3-28(26(39)40)11-5-4-6-23(28)36-27-35-14-18(13-33)24(37-27)22-16-38(43(41,42)20-9-7-17(2)8-10-20)25-21(22)12-19(15-34-25)29(30,31)32/h7-10,12,14-16,23H,3-6,11H2,1-2H3,(H,39,40)(H,35,36,37)/t23-,28-/m0/s1. The van der Waals surface area contributed by atoms with E-state index >= 15 is 0 Å². The van der Waals surface area contributed by atoms with Crippen LogP contribution in [0.5, 0.6) is 0 Å². The zero-order valence-electron chi connectivity index (χ0n) is 23.2. The molecule has 0 bridgehead atoms. The number of aromatic nitrogens is 4. The van der Waals surface area contributed by atoms with Crippen LogP contribution < -0.4 is 5.32 Å². The molecule has 0 amide bonds. The summed E-state index contributed by atoms with van der Waals surface area (Å²) in [5, 5.41) is 22.8. The van der Waals surface area contributed by atoms with Gasteiger partial charge in [0, 0.05) is 29.4 Å². The fraction of sp³-hybridized carbons (Fsp3) is 0.345. The topological polar surface area (TPSA) is 151 Å². The number of nitrogens with one attached hydrogen (secondary N) is 1. The molecule has 3 heterocycles. The zero-order valence-corrected chi connectivity index (χ0v) is 24.0. The molecule has 0 unspecified atom stereocenters. The van der Waals surface area contributed by atoms with E-state index in [4.69, 9.17) is 0 Å². The van der Waals surface area contributed by atoms with Gasteiger partial charge in [-0.15, -0.1) is 0 Å². The molecule has 2 N–H and O–H groups in total. The molecule has 14 heteroatoms. The van der Waals surface area contributed by atoms with Gasteiger partial charge in [-0.3, -0.25) is 4.79 Å². The van der Waals surface area contributed by atoms with E-state index in [0.29, 0.717) is 25.5 Å². The number of alkyl halides is 3. The Morgan fingerprint density at radius 3 is 2.56 bits per heavy atom. The molecule has 224 valence electrons. The van der Waals surface area contributed by atoms with Crippen LogP contribution in [0.1, 0.15) is 55.7 Å². The molecule has 4 aromatic rings. The number of aliphatic carboxylic acids is 1. The van der Waals surface area contributed by atoms with Gasteiger partial charge in [-0.1, -0.05) is 37.5 Å². The van der Waals surface area contributed by atoms with Crippen LogP contribution in [0.2, 0.25) is 0 Å². The van der Waals surface area contributed by atoms with E-state index < -0.39 is 39.2 Å². The van der Waals surface area contributed by atoms with E-state index in [1.54, 1.807) is 26.0 Å². The number of benzene rings is 1. The van der Waals surface area contributed by atoms with E-state index in [2.05, 4.69) is 20.3 Å². The van der Waals surface area contributed by atoms with Crippen molar-refractivity contribution < 1.29 is 31.5 Å². The van der Waals surface area contributed by atoms with Crippen LogP contribution in [-0.2, 0) is 21.0 Å². The van der Waals surface area contributed by atoms with Gasteiger partial charge in [0.05, 0.1) is 33.3 Å². The average molecular weight is 613 g/mol. The van der Waals surface area contributed by atoms with E-state index in [1.165, 1.54) is 18.3 Å². The highest BCUT2D eigenvalue weighted by Crippen LogP contribution is 2.42. The quantitative estimate of drug-likeness (QED) is 0.265. The minimum Gasteiger partial charge on any atom is -0.481 e. The van der Waals surface area contributed by atoms with Crippen LogP contribution in [0, 0.1) is 23.7 Å². The Kier molecular flexibility index (Phi) is 7.64. The molecule has 1 saturated carbocycles. The van der Waals surface area contributed by atoms with Gasteiger partial charge < -0.3 is 10.4 Å². The van der Waals surface area contributed by atoms with Gasteiger partial charge in [0.2, 0.25) is 5.95 Å². The van der Waals surface area contributed by atoms with Gasteiger partial charge in [-0.25, -0.2) is 27.3 Å². The van der Waals surface area contributed by atoms with Gasteiger partial charge in [0.25, 0.3) is 10.0 Å². The second-order valence-corrected chi connectivity index (χ2v) is 12.4. The number of carboxylic acid groups (broad SMARTS) is 1. The molecular formula is C29H27F3N6O4S. The molecule has 2 atom stereocenters. The third kappa shape index (κ3) is 5.29. The van der Waals surface area contributed by atoms with Crippen LogP contribution in [0.3, 0.4) is 0 Å². The number of aryl methyl sites for hydroxylation is 1. The van der Waals surface area contributed by atoms with Gasteiger partial charge in [0.1, 0.15) is 6.07 Å². The van der Waals surface area contributed by atoms with Crippen LogP contribution >= 0.6 is 0 Å². The van der Waals surface area contributed by atoms with E-state index in [0.717, 1.165) is 34.6 Å². The maximum Gasteiger partial charge on any atom is 0.417 e. The summed E-state index contributed by atoms with van der Waals surface area (Å²) in [5.41, 5.74) is -2.03. The molecule has 5 rings (SSSR count). The number of hydrogen-bond donors (Lipinski definition) is 2. The van der Waals surface area contributed by atoms with Gasteiger partial charge in [-0.05, 0) is 44.4 Å². The third-order valence-corrected chi connectivity index (χ3v) is 9.74. The molecule has 0 spiro atoms. The molecule has 43 heavy (non-hydrogen) atoms. The van der Waals surface area contributed by atoms with Crippen LogP contribution in [0.4, 0.5) is 19.1 Å². The Morgan fingerprint density at radius 2 is 1.93 bits per heavy atom. The molecule has 1 aromatic carbocycles. The number of fused-ring (bicyclic) bond motifs is 1. The number of anilines is 1. The molecule has 0 radical (unpaired) electrons. The molecule has 3 aromatic heterocycles. The average Bonchev–Trinajstić information content (AvgIpc) is 3.37. The van der Waals surface area contributed by atoms with Gasteiger partial charge in [-0.2, -0.15) is 18.4 Å². The van der Waals surface area contributed by atoms with Crippen molar-refractivity contribution in [3.63, 3.8) is 0 Å². The number of nitrogens with zero attached hydrogens (tertiary/aromatic N) is 5. The van der Waals surface area contributed by atoms with Crippen molar-refractivity contribution in [3.05, 3.63) is 65.6 Å². The molecule has 1 fully saturated rings. The highest BCUT2D eigenvalue weighted by molar-refractivity contribution is 7.90. The number of hydrogen-bond acceptors (Lipinski definition) is 8. The number of carboxylic acids is 1. The Bertz CT molecular complexity index is 1870. The highest BCUT2D eigenvalue weighted by Gasteiger charge is 2.46. The Balaban J connectivity index is 1.71. The first-order chi connectivity index (χ1) is 20.3. The number of pyridine rings is 1. The van der Waals surface area contributed by atoms with E-state index in [-0.39, 0.29) is 38.7 Å². The van der Waals surface area contributed by atoms with E-state index in [1.807, 2.05) is 6.07 Å². The third-order valence-electron chi connectivity index (χ3n) is 8.07. The lowest BCUT2D eigenvalue weighted by Crippen LogP contribution is -2.48. The fourth-order valence-corrected chi connectivity index (χ4v) is 6.93. The number of halogens is 3. The zero-order chi connectivity index (χ0) is 31.2. The first kappa shape index (κ1) is 30.0. The smallest absolute Gasteiger partial charge is 0.417 e. The molecule has 0 aliphatic heterocycles. The number of carbonyl (C=O) groups is 1. The SMILES string of the molecule is CC[C@]1(C(=O)O)CCCC[C@@H]1Nc1ncc(C#N)c(-c2cn(S(=O)(=O)c3ccc(C)cc3)c3ncc(C(F)(F)F)cc23)n1. The largest absolute Gasteiger partial charge is 0.481 e. The summed E-state index contributed by atoms with van der Waals surface area (Å²) < 4.78 is 69.3. The fourth-order valence-electron chi connectivity index (χ4n) is 5.60. The normalized spacial score (nSPS) is 19.2. The maximum absolute atomic E-state index is 13.7. The predicted octanol–water partition coefficient (Wildman–Crippen LogP) is 5.76. The monoisotopic (exact) mass is 612 g/mol. The van der Waals surface area contributed by atoms with E-state index in [9.17, 15) is 36.8 Å². The maximum atomic E-state index is 13.7. The number of rotatable bonds is 7. The van der Waals surface area contributed by atoms with Crippen LogP contribution in [0.15, 0.2) is 53.8 Å². The summed E-state index contributed by atoms with van der Waals surface area (Å²) in [6, 6.07) is 8.06. The second kappa shape index (κ2) is 11.0. The summed E-state index contributed by atoms with van der Waals surface area (Å²) in [6.07, 6.45) is 0.835. The first-order valence-corrected chi connectivity index (χ1v) is 14.9. The van der Waals surface area contributed by atoms with Crippen molar-refractivity contribution in [1.29, 1.82) is 5.26 Å². The Morgan fingerprint density at radius 1 is 1.21 bits per heavy atom. The lowest BCUT2D eigenvalue weighted by molar-refractivity contribution is -0.152. The molecule has 1 aliphatic rings. The van der Waals surface area contributed by atoms with Crippen LogP contribution in [0.25, 0.3) is 22.3 Å². The summed E-state index contributed by atoms with van der Waals surface area (Å²) in [4.78, 5) is 24.7. The molecule has 1 aliphatic carbocycles. The second-order valence-electron chi connectivity index (χ2n) is 10.6. The minimum atomic E-state index is -4.78. The van der Waals surface area contributed by atoms with Crippen molar-refractivity contribution >= 4 is 33.0 Å². The van der Waals surface area contributed by atoms with Crippen molar-refractivity contribution in [2.45, 2.75) is 63.1 Å². The van der Waals surface area contributed by atoms with Crippen molar-refractivity contribution in [2.75, 3.05) is 5.32 Å². The predicted molar refractivity (Wildman–Crippen MR) is 150 cm³/mol. The summed E-state index contributed by atoms with van der Waals surface area (Å²) in [6.45, 7) is 3.56. The van der Waals surface area contributed by atoms with Crippen molar-refractivity contribution in [1.82, 2.24) is 18.9 Å². The van der Waals surface area contributed by atoms with Crippen molar-refractivity contribution in [2.24, 2.45) is 5.41 Å². The van der Waals surface area contributed by atoms with Crippen LogP contribution in [-0.4, -0.2) is 44.5 Å². The summed E-state index contributed by atoms with van der Waals surface area (Å²) >= 11 is 0. The Hall–Kier alpha value is -4.51. The summed E-state index contributed by atoms with van der Waals surface area (Å²) in [7, 11) is -4.33. The van der Waals surface area contributed by atoms with Crippen molar-refractivity contribution in [3.8, 4) is 17.3 Å². The number of nitriles is 1. The molecular weight excluding hydrogens is 585 g/mol. The highest BCUT2D eigenvalue weighted by atomic mass is 32.2. The summed E-state index contributed by atoms with van der Waals surface area (Å²) in [5.74, 6) is -1.00. The Labute approximate surface area is 245 Å². The molecule has 0 saturated heterocycles.